The summed E-state index contributed by atoms with van der Waals surface area (Å²) in [6, 6.07) is 0. The van der Waals surface area contributed by atoms with Crippen LogP contribution < -0.4 is 0 Å². The third-order valence-electron chi connectivity index (χ3n) is 3.56. The van der Waals surface area contributed by atoms with Crippen molar-refractivity contribution in [2.75, 3.05) is 32.8 Å². The largest absolute Gasteiger partial charge is 0.481 e. The van der Waals surface area contributed by atoms with Gasteiger partial charge in [0.15, 0.2) is 0 Å². The maximum absolute atomic E-state index is 10.8. The van der Waals surface area contributed by atoms with Crippen LogP contribution >= 0.6 is 0 Å². The van der Waals surface area contributed by atoms with E-state index in [0.29, 0.717) is 45.6 Å². The number of hydrogen-bond acceptors (Lipinski definition) is 4. The van der Waals surface area contributed by atoms with E-state index in [1.807, 2.05) is 13.8 Å². The molecule has 2 fully saturated rings. The Hall–Kier alpha value is -0.650. The lowest BCUT2D eigenvalue weighted by Gasteiger charge is -2.35. The predicted molar refractivity (Wildman–Crippen MR) is 68.5 cm³/mol. The van der Waals surface area contributed by atoms with Gasteiger partial charge in [-0.1, -0.05) is 13.8 Å². The van der Waals surface area contributed by atoms with Gasteiger partial charge < -0.3 is 14.9 Å². The highest BCUT2D eigenvalue weighted by atomic mass is 16.5. The van der Waals surface area contributed by atoms with Crippen LogP contribution in [0.15, 0.2) is 0 Å². The number of aliphatic carboxylic acids is 1. The summed E-state index contributed by atoms with van der Waals surface area (Å²) in [6.07, 6.45) is 2.00. The van der Waals surface area contributed by atoms with E-state index in [-0.39, 0.29) is 5.92 Å². The normalized spacial score (nSPS) is 27.4. The highest BCUT2D eigenvalue weighted by Gasteiger charge is 2.36. The minimum Gasteiger partial charge on any atom is -0.481 e. The Labute approximate surface area is 109 Å². The van der Waals surface area contributed by atoms with Crippen LogP contribution in [0.5, 0.6) is 0 Å². The number of nitrogens with zero attached hydrogens (tertiary/aromatic N) is 1. The number of rotatable bonds is 3. The molecule has 1 atom stereocenters. The van der Waals surface area contributed by atoms with E-state index in [4.69, 9.17) is 9.84 Å². The summed E-state index contributed by atoms with van der Waals surface area (Å²) < 4.78 is 5.22. The van der Waals surface area contributed by atoms with Crippen LogP contribution in [-0.2, 0) is 9.53 Å². The van der Waals surface area contributed by atoms with Crippen molar-refractivity contribution in [2.45, 2.75) is 38.7 Å². The number of carboxylic acid groups (broad SMARTS) is 1. The highest BCUT2D eigenvalue weighted by Crippen LogP contribution is 2.25. The molecule has 5 nitrogen and oxygen atoms in total. The molecule has 5 heteroatoms. The number of likely N-dealkylation sites (tertiary alicyclic amines) is 1. The van der Waals surface area contributed by atoms with Gasteiger partial charge in [-0.25, -0.2) is 0 Å². The van der Waals surface area contributed by atoms with Gasteiger partial charge in [0, 0.05) is 39.1 Å². The Kier molecular flexibility index (Phi) is 6.05. The molecule has 0 aromatic rings. The zero-order valence-electron chi connectivity index (χ0n) is 11.4. The zero-order chi connectivity index (χ0) is 13.6. The molecule has 0 aromatic heterocycles. The Morgan fingerprint density at radius 1 is 1.39 bits per heavy atom. The number of hydrogen-bond donors (Lipinski definition) is 2. The van der Waals surface area contributed by atoms with Gasteiger partial charge in [0.25, 0.3) is 0 Å². The molecule has 18 heavy (non-hydrogen) atoms. The topological polar surface area (TPSA) is 70.0 Å². The van der Waals surface area contributed by atoms with Crippen LogP contribution in [0.1, 0.15) is 33.1 Å². The first kappa shape index (κ1) is 15.4. The fourth-order valence-electron chi connectivity index (χ4n) is 2.50. The Bertz CT molecular complexity index is 264. The van der Waals surface area contributed by atoms with Crippen molar-refractivity contribution >= 4 is 5.97 Å². The molecule has 0 radical (unpaired) electrons. The molecule has 2 rings (SSSR count). The van der Waals surface area contributed by atoms with Crippen molar-refractivity contribution in [2.24, 2.45) is 5.92 Å². The zero-order valence-corrected chi connectivity index (χ0v) is 11.4. The average molecular weight is 259 g/mol. The van der Waals surface area contributed by atoms with Gasteiger partial charge in [-0.05, 0) is 13.0 Å². The summed E-state index contributed by atoms with van der Waals surface area (Å²) in [5, 5.41) is 19.2. The van der Waals surface area contributed by atoms with E-state index >= 15 is 0 Å². The summed E-state index contributed by atoms with van der Waals surface area (Å²) in [4.78, 5) is 12.9. The van der Waals surface area contributed by atoms with E-state index < -0.39 is 11.6 Å². The first-order valence-corrected chi connectivity index (χ1v) is 6.84. The maximum atomic E-state index is 10.8. The van der Waals surface area contributed by atoms with Crippen molar-refractivity contribution in [1.29, 1.82) is 0 Å². The maximum Gasteiger partial charge on any atom is 0.307 e. The molecule has 2 saturated heterocycles. The van der Waals surface area contributed by atoms with Gasteiger partial charge in [0.05, 0.1) is 11.5 Å². The molecule has 0 aromatic carbocycles. The first-order valence-electron chi connectivity index (χ1n) is 6.84. The molecule has 2 aliphatic heterocycles. The van der Waals surface area contributed by atoms with Crippen LogP contribution in [0.3, 0.4) is 0 Å². The van der Waals surface area contributed by atoms with E-state index in [9.17, 15) is 9.90 Å². The standard InChI is InChI=1S/C11H19NO4.C2H6/c13-10(14)9-1-4-12(7-9)8-11(15)2-5-16-6-3-11;1-2/h9,15H,1-8H2,(H,13,14);1-2H3. The molecule has 0 saturated carbocycles. The lowest BCUT2D eigenvalue weighted by Crippen LogP contribution is -2.46. The number of carboxylic acids is 1. The smallest absolute Gasteiger partial charge is 0.307 e. The van der Waals surface area contributed by atoms with Gasteiger partial charge in [-0.3, -0.25) is 9.69 Å². The van der Waals surface area contributed by atoms with Crippen LogP contribution in [0, 0.1) is 5.92 Å². The van der Waals surface area contributed by atoms with Crippen molar-refractivity contribution < 1.29 is 19.7 Å². The molecule has 0 spiro atoms. The van der Waals surface area contributed by atoms with Gasteiger partial charge in [0.2, 0.25) is 0 Å². The quantitative estimate of drug-likeness (QED) is 0.790. The molecule has 2 N–H and O–H groups in total. The van der Waals surface area contributed by atoms with Crippen LogP contribution in [-0.4, -0.2) is 59.5 Å². The first-order chi connectivity index (χ1) is 8.59. The van der Waals surface area contributed by atoms with Crippen molar-refractivity contribution in [3.05, 3.63) is 0 Å². The number of carbonyl (C=O) groups is 1. The van der Waals surface area contributed by atoms with E-state index in [0.717, 1.165) is 6.54 Å². The second-order valence-corrected chi connectivity index (χ2v) is 4.90. The molecule has 2 heterocycles. The highest BCUT2D eigenvalue weighted by molar-refractivity contribution is 5.70. The van der Waals surface area contributed by atoms with Gasteiger partial charge in [-0.15, -0.1) is 0 Å². The van der Waals surface area contributed by atoms with Crippen molar-refractivity contribution in [3.8, 4) is 0 Å². The molecule has 106 valence electrons. The molecule has 0 aliphatic carbocycles. The monoisotopic (exact) mass is 259 g/mol. The summed E-state index contributed by atoms with van der Waals surface area (Å²) in [5.41, 5.74) is -0.675. The summed E-state index contributed by atoms with van der Waals surface area (Å²) in [7, 11) is 0. The average Bonchev–Trinajstić information content (AvgIpc) is 2.80. The number of aliphatic hydroxyl groups is 1. The van der Waals surface area contributed by atoms with Gasteiger partial charge >= 0.3 is 5.97 Å². The minimum atomic E-state index is -0.721. The summed E-state index contributed by atoms with van der Waals surface area (Å²) in [5.74, 6) is -0.982. The Balaban J connectivity index is 0.000000771. The Morgan fingerprint density at radius 2 is 2.00 bits per heavy atom. The van der Waals surface area contributed by atoms with Crippen molar-refractivity contribution in [3.63, 3.8) is 0 Å². The molecule has 0 amide bonds. The minimum absolute atomic E-state index is 0.261. The molecular formula is C13H25NO4. The fourth-order valence-corrected chi connectivity index (χ4v) is 2.50. The SMILES string of the molecule is CC.O=C(O)C1CCN(CC2(O)CCOCC2)C1. The van der Waals surface area contributed by atoms with E-state index in [2.05, 4.69) is 4.90 Å². The molecule has 0 bridgehead atoms. The van der Waals surface area contributed by atoms with Gasteiger partial charge in [-0.2, -0.15) is 0 Å². The third kappa shape index (κ3) is 4.23. The molecule has 1 unspecified atom stereocenters. The Morgan fingerprint density at radius 3 is 2.50 bits per heavy atom. The third-order valence-corrected chi connectivity index (χ3v) is 3.56. The van der Waals surface area contributed by atoms with Crippen LogP contribution in [0.4, 0.5) is 0 Å². The predicted octanol–water partition coefficient (Wildman–Crippen LogP) is 0.961. The lowest BCUT2D eigenvalue weighted by molar-refractivity contribution is -0.141. The van der Waals surface area contributed by atoms with E-state index in [1.54, 1.807) is 0 Å². The summed E-state index contributed by atoms with van der Waals surface area (Å²) >= 11 is 0. The second kappa shape index (κ2) is 7.07. The molecular weight excluding hydrogens is 234 g/mol. The van der Waals surface area contributed by atoms with E-state index in [1.165, 1.54) is 0 Å². The lowest BCUT2D eigenvalue weighted by atomic mass is 9.94. The summed E-state index contributed by atoms with van der Waals surface area (Å²) in [6.45, 7) is 7.14. The number of β-amino-alcohol motifs (C(OH)–C–C–N with tert-alkyl or cyclic N) is 1. The molecule has 2 aliphatic rings. The van der Waals surface area contributed by atoms with Gasteiger partial charge in [0.1, 0.15) is 0 Å². The fraction of sp³-hybridized carbons (Fsp3) is 0.923. The van der Waals surface area contributed by atoms with Crippen LogP contribution in [0.25, 0.3) is 0 Å². The second-order valence-electron chi connectivity index (χ2n) is 4.90. The number of ether oxygens (including phenoxy) is 1. The van der Waals surface area contributed by atoms with Crippen LogP contribution in [0.2, 0.25) is 0 Å². The van der Waals surface area contributed by atoms with Crippen molar-refractivity contribution in [1.82, 2.24) is 4.90 Å².